The van der Waals surface area contributed by atoms with Gasteiger partial charge in [0.15, 0.2) is 5.69 Å². The summed E-state index contributed by atoms with van der Waals surface area (Å²) in [5.41, 5.74) is 2.32. The van der Waals surface area contributed by atoms with Gasteiger partial charge >= 0.3 is 0 Å². The maximum Gasteiger partial charge on any atom is 0.287 e. The Morgan fingerprint density at radius 3 is 2.88 bits per heavy atom. The number of rotatable bonds is 3. The van der Waals surface area contributed by atoms with E-state index in [2.05, 4.69) is 27.6 Å². The fourth-order valence-corrected chi connectivity index (χ4v) is 2.13. The third kappa shape index (κ3) is 2.62. The lowest BCUT2D eigenvalue weighted by atomic mass is 10.1. The van der Waals surface area contributed by atoms with Gasteiger partial charge in [-0.05, 0) is 19.4 Å². The Hall–Kier alpha value is -1.47. The minimum Gasteiger partial charge on any atom is -0.303 e. The van der Waals surface area contributed by atoms with Gasteiger partial charge in [-0.1, -0.05) is 12.1 Å². The molecule has 3 N–H and O–H groups in total. The summed E-state index contributed by atoms with van der Waals surface area (Å²) < 4.78 is 1.78. The molecule has 0 atom stereocenters. The summed E-state index contributed by atoms with van der Waals surface area (Å²) in [6.07, 6.45) is 3.75. The van der Waals surface area contributed by atoms with Crippen LogP contribution in [0.4, 0.5) is 0 Å². The zero-order valence-electron chi connectivity index (χ0n) is 9.96. The number of carbonyl (C=O) groups is 1. The summed E-state index contributed by atoms with van der Waals surface area (Å²) in [6, 6.07) is 0.338. The van der Waals surface area contributed by atoms with E-state index in [-0.39, 0.29) is 5.69 Å². The molecule has 1 saturated heterocycles. The van der Waals surface area contributed by atoms with Crippen LogP contribution in [0.25, 0.3) is 0 Å². The molecule has 2 rings (SSSR count). The standard InChI is InChI=1S/C10H18N6O/c1-2-15-5-3-8(4-6-15)16-7-9(13-14-16)10(17)12-11/h7-8H,2-6,11H2,1H3,(H,12,17). The summed E-state index contributed by atoms with van der Waals surface area (Å²) in [6.45, 7) is 5.39. The lowest BCUT2D eigenvalue weighted by Gasteiger charge is -2.30. The van der Waals surface area contributed by atoms with E-state index in [1.165, 1.54) is 0 Å². The lowest BCUT2D eigenvalue weighted by molar-refractivity contribution is 0.0948. The molecule has 1 aliphatic heterocycles. The molecule has 7 nitrogen and oxygen atoms in total. The van der Waals surface area contributed by atoms with Crippen LogP contribution in [0, 0.1) is 0 Å². The first-order valence-electron chi connectivity index (χ1n) is 5.89. The van der Waals surface area contributed by atoms with Crippen molar-refractivity contribution < 1.29 is 4.79 Å². The quantitative estimate of drug-likeness (QED) is 0.422. The van der Waals surface area contributed by atoms with Crippen LogP contribution in [0.1, 0.15) is 36.3 Å². The minimum atomic E-state index is -0.401. The van der Waals surface area contributed by atoms with E-state index in [9.17, 15) is 4.79 Å². The Labute approximate surface area is 99.9 Å². The molecule has 0 saturated carbocycles. The first kappa shape index (κ1) is 12.0. The molecule has 0 bridgehead atoms. The van der Waals surface area contributed by atoms with Crippen LogP contribution in [0.5, 0.6) is 0 Å². The number of amides is 1. The van der Waals surface area contributed by atoms with Crippen LogP contribution in [0.2, 0.25) is 0 Å². The number of carbonyl (C=O) groups excluding carboxylic acids is 1. The van der Waals surface area contributed by atoms with E-state index < -0.39 is 5.91 Å². The van der Waals surface area contributed by atoms with Crippen molar-refractivity contribution in [1.29, 1.82) is 0 Å². The molecular formula is C10H18N6O. The van der Waals surface area contributed by atoms with Crippen molar-refractivity contribution in [2.24, 2.45) is 5.84 Å². The number of nitrogens with zero attached hydrogens (tertiary/aromatic N) is 4. The number of nitrogens with one attached hydrogen (secondary N) is 1. The Morgan fingerprint density at radius 1 is 1.59 bits per heavy atom. The highest BCUT2D eigenvalue weighted by Crippen LogP contribution is 2.21. The molecular weight excluding hydrogens is 220 g/mol. The molecule has 1 amide bonds. The number of hydrogen-bond acceptors (Lipinski definition) is 5. The number of likely N-dealkylation sites (tertiary alicyclic amines) is 1. The van der Waals surface area contributed by atoms with Gasteiger partial charge in [-0.2, -0.15) is 0 Å². The predicted octanol–water partition coefficient (Wildman–Crippen LogP) is -0.462. The maximum absolute atomic E-state index is 11.2. The molecule has 7 heteroatoms. The predicted molar refractivity (Wildman–Crippen MR) is 62.1 cm³/mol. The van der Waals surface area contributed by atoms with Gasteiger partial charge in [-0.15, -0.1) is 5.10 Å². The molecule has 0 aromatic carbocycles. The summed E-state index contributed by atoms with van der Waals surface area (Å²) in [5, 5.41) is 7.80. The van der Waals surface area contributed by atoms with E-state index in [1.54, 1.807) is 10.9 Å². The van der Waals surface area contributed by atoms with Crippen LogP contribution in [0.15, 0.2) is 6.20 Å². The molecule has 1 aliphatic rings. The third-order valence-electron chi connectivity index (χ3n) is 3.25. The summed E-state index contributed by atoms with van der Waals surface area (Å²) in [7, 11) is 0. The van der Waals surface area contributed by atoms with Crippen molar-refractivity contribution in [1.82, 2.24) is 25.3 Å². The van der Waals surface area contributed by atoms with Crippen molar-refractivity contribution in [3.05, 3.63) is 11.9 Å². The number of piperidine rings is 1. The van der Waals surface area contributed by atoms with Gasteiger partial charge in [0.2, 0.25) is 0 Å². The lowest BCUT2D eigenvalue weighted by Crippen LogP contribution is -2.34. The Balaban J connectivity index is 1.99. The van der Waals surface area contributed by atoms with Crippen molar-refractivity contribution in [2.75, 3.05) is 19.6 Å². The Kier molecular flexibility index (Phi) is 3.70. The van der Waals surface area contributed by atoms with Gasteiger partial charge in [0.05, 0.1) is 12.2 Å². The van der Waals surface area contributed by atoms with Crippen molar-refractivity contribution >= 4 is 5.91 Å². The van der Waals surface area contributed by atoms with Crippen LogP contribution in [-0.4, -0.2) is 45.4 Å². The second-order valence-electron chi connectivity index (χ2n) is 4.22. The SMILES string of the molecule is CCN1CCC(n2cc(C(=O)NN)nn2)CC1. The maximum atomic E-state index is 11.2. The third-order valence-corrected chi connectivity index (χ3v) is 3.25. The van der Waals surface area contributed by atoms with Gasteiger partial charge in [0.25, 0.3) is 5.91 Å². The number of nitrogen functional groups attached to an aromatic ring is 1. The highest BCUT2D eigenvalue weighted by molar-refractivity contribution is 5.91. The van der Waals surface area contributed by atoms with Crippen LogP contribution < -0.4 is 11.3 Å². The summed E-state index contributed by atoms with van der Waals surface area (Å²) in [4.78, 5) is 13.7. The molecule has 1 aromatic heterocycles. The highest BCUT2D eigenvalue weighted by atomic mass is 16.2. The van der Waals surface area contributed by atoms with Gasteiger partial charge in [0, 0.05) is 13.1 Å². The van der Waals surface area contributed by atoms with Crippen LogP contribution in [-0.2, 0) is 0 Å². The Bertz CT molecular complexity index is 382. The molecule has 1 aromatic rings. The Morgan fingerprint density at radius 2 is 2.29 bits per heavy atom. The van der Waals surface area contributed by atoms with Crippen LogP contribution >= 0.6 is 0 Å². The topological polar surface area (TPSA) is 89.1 Å². The largest absolute Gasteiger partial charge is 0.303 e. The second-order valence-corrected chi connectivity index (χ2v) is 4.22. The fraction of sp³-hybridized carbons (Fsp3) is 0.700. The minimum absolute atomic E-state index is 0.269. The fourth-order valence-electron chi connectivity index (χ4n) is 2.13. The molecule has 0 unspecified atom stereocenters. The number of hydrogen-bond donors (Lipinski definition) is 2. The average Bonchev–Trinajstić information content (AvgIpc) is 2.87. The molecule has 0 radical (unpaired) electrons. The van der Waals surface area contributed by atoms with E-state index >= 15 is 0 Å². The van der Waals surface area contributed by atoms with Gasteiger partial charge in [-0.25, -0.2) is 10.5 Å². The zero-order chi connectivity index (χ0) is 12.3. The molecule has 94 valence electrons. The monoisotopic (exact) mass is 238 g/mol. The van der Waals surface area contributed by atoms with Crippen molar-refractivity contribution in [3.63, 3.8) is 0 Å². The van der Waals surface area contributed by atoms with Crippen LogP contribution in [0.3, 0.4) is 0 Å². The summed E-state index contributed by atoms with van der Waals surface area (Å²) >= 11 is 0. The van der Waals surface area contributed by atoms with E-state index in [1.807, 2.05) is 0 Å². The zero-order valence-corrected chi connectivity index (χ0v) is 9.96. The number of hydrazine groups is 1. The van der Waals surface area contributed by atoms with Crippen molar-refractivity contribution in [2.45, 2.75) is 25.8 Å². The number of aromatic nitrogens is 3. The first-order valence-corrected chi connectivity index (χ1v) is 5.89. The van der Waals surface area contributed by atoms with E-state index in [0.29, 0.717) is 6.04 Å². The molecule has 0 aliphatic carbocycles. The van der Waals surface area contributed by atoms with Gasteiger partial charge < -0.3 is 4.90 Å². The molecule has 2 heterocycles. The number of nitrogens with two attached hydrogens (primary N) is 1. The molecule has 17 heavy (non-hydrogen) atoms. The van der Waals surface area contributed by atoms with Crippen molar-refractivity contribution in [3.8, 4) is 0 Å². The highest BCUT2D eigenvalue weighted by Gasteiger charge is 2.21. The first-order chi connectivity index (χ1) is 8.24. The molecule has 0 spiro atoms. The smallest absolute Gasteiger partial charge is 0.287 e. The average molecular weight is 238 g/mol. The summed E-state index contributed by atoms with van der Waals surface area (Å²) in [5.74, 6) is 4.64. The second kappa shape index (κ2) is 5.24. The normalized spacial score (nSPS) is 18.2. The van der Waals surface area contributed by atoms with Gasteiger partial charge in [0.1, 0.15) is 0 Å². The molecule has 1 fully saturated rings. The van der Waals surface area contributed by atoms with E-state index in [4.69, 9.17) is 5.84 Å². The van der Waals surface area contributed by atoms with Gasteiger partial charge in [-0.3, -0.25) is 10.2 Å². The van der Waals surface area contributed by atoms with E-state index in [0.717, 1.165) is 32.5 Å².